The van der Waals surface area contributed by atoms with Crippen molar-refractivity contribution in [1.82, 2.24) is 0 Å². The van der Waals surface area contributed by atoms with Crippen LogP contribution in [-0.4, -0.2) is 6.54 Å². The molecule has 0 saturated heterocycles. The number of hydrogen-bond acceptors (Lipinski definition) is 1. The topological polar surface area (TPSA) is 12.0 Å². The Morgan fingerprint density at radius 3 is 2.79 bits per heavy atom. The monoisotopic (exact) mass is 189 g/mol. The molecule has 0 spiro atoms. The molecule has 0 amide bonds. The van der Waals surface area contributed by atoms with Gasteiger partial charge < -0.3 is 5.32 Å². The summed E-state index contributed by atoms with van der Waals surface area (Å²) in [7, 11) is 0. The largest absolute Gasteiger partial charge is 0.385 e. The molecule has 0 radical (unpaired) electrons. The van der Waals surface area contributed by atoms with Crippen molar-refractivity contribution in [3.63, 3.8) is 0 Å². The molecule has 1 aromatic rings. The molecule has 1 aromatic carbocycles. The van der Waals surface area contributed by atoms with Crippen LogP contribution in [0.4, 0.5) is 5.69 Å². The summed E-state index contributed by atoms with van der Waals surface area (Å²) in [6.07, 6.45) is 5.69. The fraction of sp³-hybridized carbons (Fsp3) is 0.538. The van der Waals surface area contributed by atoms with Crippen LogP contribution in [0.5, 0.6) is 0 Å². The van der Waals surface area contributed by atoms with E-state index in [0.29, 0.717) is 0 Å². The van der Waals surface area contributed by atoms with Crippen molar-refractivity contribution in [2.75, 3.05) is 11.9 Å². The number of anilines is 1. The maximum absolute atomic E-state index is 3.53. The smallest absolute Gasteiger partial charge is 0.0342 e. The van der Waals surface area contributed by atoms with Gasteiger partial charge in [-0.2, -0.15) is 0 Å². The van der Waals surface area contributed by atoms with Gasteiger partial charge in [-0.3, -0.25) is 0 Å². The molecule has 0 aliphatic heterocycles. The lowest BCUT2D eigenvalue weighted by Crippen LogP contribution is -2.10. The van der Waals surface area contributed by atoms with Crippen LogP contribution in [-0.2, 0) is 0 Å². The van der Waals surface area contributed by atoms with E-state index in [1.165, 1.54) is 36.9 Å². The van der Waals surface area contributed by atoms with Crippen molar-refractivity contribution in [3.8, 4) is 0 Å². The third-order valence-corrected chi connectivity index (χ3v) is 3.09. The number of aryl methyl sites for hydroxylation is 1. The van der Waals surface area contributed by atoms with Gasteiger partial charge in [-0.25, -0.2) is 0 Å². The highest BCUT2D eigenvalue weighted by atomic mass is 14.9. The standard InChI is InChI=1S/C13H19N/c1-11-5-4-8-13(9-11)14-10-12-6-2-3-7-12/h4-5,8-9,12,14H,2-3,6-7,10H2,1H3. The lowest BCUT2D eigenvalue weighted by molar-refractivity contribution is 0.580. The quantitative estimate of drug-likeness (QED) is 0.766. The molecular formula is C13H19N. The molecule has 1 N–H and O–H groups in total. The molecule has 0 aromatic heterocycles. The number of benzene rings is 1. The van der Waals surface area contributed by atoms with E-state index in [9.17, 15) is 0 Å². The second-order valence-corrected chi connectivity index (χ2v) is 4.40. The van der Waals surface area contributed by atoms with Crippen LogP contribution in [0.15, 0.2) is 24.3 Å². The molecule has 1 nitrogen and oxygen atoms in total. The number of hydrogen-bond donors (Lipinski definition) is 1. The zero-order valence-corrected chi connectivity index (χ0v) is 8.92. The fourth-order valence-electron chi connectivity index (χ4n) is 2.23. The molecule has 1 saturated carbocycles. The van der Waals surface area contributed by atoms with Gasteiger partial charge in [0.05, 0.1) is 0 Å². The summed E-state index contributed by atoms with van der Waals surface area (Å²) in [5.74, 6) is 0.913. The van der Waals surface area contributed by atoms with Crippen molar-refractivity contribution < 1.29 is 0 Å². The molecule has 76 valence electrons. The molecule has 14 heavy (non-hydrogen) atoms. The predicted octanol–water partition coefficient (Wildman–Crippen LogP) is 3.60. The normalized spacial score (nSPS) is 17.2. The predicted molar refractivity (Wildman–Crippen MR) is 61.6 cm³/mol. The Kier molecular flexibility index (Phi) is 3.07. The summed E-state index contributed by atoms with van der Waals surface area (Å²) in [6.45, 7) is 3.30. The molecule has 1 aliphatic carbocycles. The van der Waals surface area contributed by atoms with Gasteiger partial charge in [0.1, 0.15) is 0 Å². The zero-order valence-electron chi connectivity index (χ0n) is 8.92. The Balaban J connectivity index is 1.85. The van der Waals surface area contributed by atoms with Crippen LogP contribution in [0.25, 0.3) is 0 Å². The summed E-state index contributed by atoms with van der Waals surface area (Å²) in [5.41, 5.74) is 2.61. The number of nitrogens with one attached hydrogen (secondary N) is 1. The Labute approximate surface area is 86.5 Å². The van der Waals surface area contributed by atoms with E-state index in [-0.39, 0.29) is 0 Å². The van der Waals surface area contributed by atoms with E-state index in [1.807, 2.05) is 0 Å². The molecule has 0 bridgehead atoms. The molecule has 0 unspecified atom stereocenters. The number of rotatable bonds is 3. The van der Waals surface area contributed by atoms with E-state index < -0.39 is 0 Å². The minimum absolute atomic E-state index is 0.913. The maximum Gasteiger partial charge on any atom is 0.0342 e. The van der Waals surface area contributed by atoms with Gasteiger partial charge in [0, 0.05) is 12.2 Å². The van der Waals surface area contributed by atoms with Gasteiger partial charge in [0.25, 0.3) is 0 Å². The summed E-state index contributed by atoms with van der Waals surface area (Å²) in [5, 5.41) is 3.53. The van der Waals surface area contributed by atoms with Gasteiger partial charge >= 0.3 is 0 Å². The van der Waals surface area contributed by atoms with Gasteiger partial charge in [-0.15, -0.1) is 0 Å². The van der Waals surface area contributed by atoms with Crippen LogP contribution < -0.4 is 5.32 Å². The van der Waals surface area contributed by atoms with E-state index in [2.05, 4.69) is 36.5 Å². The Morgan fingerprint density at radius 1 is 1.29 bits per heavy atom. The van der Waals surface area contributed by atoms with E-state index in [0.717, 1.165) is 12.5 Å². The molecule has 0 atom stereocenters. The summed E-state index contributed by atoms with van der Waals surface area (Å²) < 4.78 is 0. The van der Waals surface area contributed by atoms with Gasteiger partial charge in [0.15, 0.2) is 0 Å². The lowest BCUT2D eigenvalue weighted by Gasteiger charge is -2.11. The lowest BCUT2D eigenvalue weighted by atomic mass is 10.1. The van der Waals surface area contributed by atoms with E-state index >= 15 is 0 Å². The molecule has 0 heterocycles. The third-order valence-electron chi connectivity index (χ3n) is 3.09. The highest BCUT2D eigenvalue weighted by Crippen LogP contribution is 2.24. The van der Waals surface area contributed by atoms with Crippen molar-refractivity contribution in [2.24, 2.45) is 5.92 Å². The van der Waals surface area contributed by atoms with E-state index in [4.69, 9.17) is 0 Å². The van der Waals surface area contributed by atoms with Crippen molar-refractivity contribution in [3.05, 3.63) is 29.8 Å². The van der Waals surface area contributed by atoms with Crippen molar-refractivity contribution >= 4 is 5.69 Å². The van der Waals surface area contributed by atoms with Gasteiger partial charge in [-0.1, -0.05) is 25.0 Å². The van der Waals surface area contributed by atoms with Crippen LogP contribution >= 0.6 is 0 Å². The first kappa shape index (κ1) is 9.57. The summed E-state index contributed by atoms with van der Waals surface area (Å²) in [6, 6.07) is 8.63. The Bertz CT molecular complexity index is 287. The van der Waals surface area contributed by atoms with Crippen LogP contribution in [0.3, 0.4) is 0 Å². The second-order valence-electron chi connectivity index (χ2n) is 4.40. The highest BCUT2D eigenvalue weighted by Gasteiger charge is 2.13. The maximum atomic E-state index is 3.53. The van der Waals surface area contributed by atoms with Gasteiger partial charge in [-0.05, 0) is 43.4 Å². The zero-order chi connectivity index (χ0) is 9.80. The first-order chi connectivity index (χ1) is 6.84. The summed E-state index contributed by atoms with van der Waals surface area (Å²) in [4.78, 5) is 0. The second kappa shape index (κ2) is 4.50. The molecule has 1 aliphatic rings. The summed E-state index contributed by atoms with van der Waals surface area (Å²) >= 11 is 0. The van der Waals surface area contributed by atoms with Crippen LogP contribution in [0, 0.1) is 12.8 Å². The Hall–Kier alpha value is -0.980. The first-order valence-electron chi connectivity index (χ1n) is 5.65. The van der Waals surface area contributed by atoms with E-state index in [1.54, 1.807) is 0 Å². The van der Waals surface area contributed by atoms with Crippen molar-refractivity contribution in [2.45, 2.75) is 32.6 Å². The SMILES string of the molecule is Cc1cccc(NCC2CCCC2)c1. The minimum atomic E-state index is 0.913. The molecule has 1 fully saturated rings. The van der Waals surface area contributed by atoms with Gasteiger partial charge in [0.2, 0.25) is 0 Å². The fourth-order valence-corrected chi connectivity index (χ4v) is 2.23. The third kappa shape index (κ3) is 2.50. The van der Waals surface area contributed by atoms with Crippen LogP contribution in [0.2, 0.25) is 0 Å². The first-order valence-corrected chi connectivity index (χ1v) is 5.65. The van der Waals surface area contributed by atoms with Crippen LogP contribution in [0.1, 0.15) is 31.2 Å². The highest BCUT2D eigenvalue weighted by molar-refractivity contribution is 5.45. The Morgan fingerprint density at radius 2 is 2.07 bits per heavy atom. The average molecular weight is 189 g/mol. The molecular weight excluding hydrogens is 170 g/mol. The molecule has 1 heteroatoms. The molecule has 2 rings (SSSR count). The average Bonchev–Trinajstić information content (AvgIpc) is 2.67. The van der Waals surface area contributed by atoms with Crippen molar-refractivity contribution in [1.29, 1.82) is 0 Å². The minimum Gasteiger partial charge on any atom is -0.385 e.